The summed E-state index contributed by atoms with van der Waals surface area (Å²) in [7, 11) is 0. The van der Waals surface area contributed by atoms with Gasteiger partial charge in [-0.1, -0.05) is 11.6 Å². The van der Waals surface area contributed by atoms with E-state index in [2.05, 4.69) is 4.98 Å². The van der Waals surface area contributed by atoms with Crippen LogP contribution in [0.2, 0.25) is 5.02 Å². The summed E-state index contributed by atoms with van der Waals surface area (Å²) in [6, 6.07) is 5.06. The Hall–Kier alpha value is -2.47. The van der Waals surface area contributed by atoms with Crippen molar-refractivity contribution in [2.24, 2.45) is 0 Å². The van der Waals surface area contributed by atoms with Gasteiger partial charge in [0.25, 0.3) is 0 Å². The van der Waals surface area contributed by atoms with E-state index >= 15 is 0 Å². The minimum atomic E-state index is -0.868. The molecule has 21 heavy (non-hydrogen) atoms. The van der Waals surface area contributed by atoms with Crippen molar-refractivity contribution >= 4 is 28.5 Å². The number of carbonyl (C=O) groups is 1. The number of fused-ring (bicyclic) bond motifs is 1. The van der Waals surface area contributed by atoms with Crippen LogP contribution in [0.5, 0.6) is 0 Å². The van der Waals surface area contributed by atoms with Crippen molar-refractivity contribution < 1.29 is 18.0 Å². The van der Waals surface area contributed by atoms with Crippen molar-refractivity contribution in [2.75, 3.05) is 0 Å². The molecule has 0 radical (unpaired) electrons. The molecule has 2 aromatic carbocycles. The van der Waals surface area contributed by atoms with Crippen LogP contribution >= 0.6 is 11.6 Å². The minimum absolute atomic E-state index is 0.00629. The minimum Gasteiger partial charge on any atom is -0.408 e. The number of benzene rings is 2. The fraction of sp³-hybridized carbons (Fsp3) is 0. The first kappa shape index (κ1) is 13.5. The molecule has 1 heterocycles. The van der Waals surface area contributed by atoms with Crippen molar-refractivity contribution in [3.05, 3.63) is 68.7 Å². The van der Waals surface area contributed by atoms with Crippen molar-refractivity contribution in [1.29, 1.82) is 0 Å². The molecule has 0 aliphatic rings. The van der Waals surface area contributed by atoms with Gasteiger partial charge in [0.05, 0.1) is 16.1 Å². The molecule has 3 rings (SSSR count). The van der Waals surface area contributed by atoms with E-state index in [1.54, 1.807) is 0 Å². The lowest BCUT2D eigenvalue weighted by Crippen LogP contribution is -2.05. The van der Waals surface area contributed by atoms with E-state index in [0.29, 0.717) is 5.52 Å². The average Bonchev–Trinajstić information content (AvgIpc) is 2.79. The topological polar surface area (TPSA) is 63.1 Å². The number of aromatic nitrogens is 1. The molecule has 0 bridgehead atoms. The molecule has 3 aromatic rings. The zero-order valence-corrected chi connectivity index (χ0v) is 11.0. The third-order valence-electron chi connectivity index (χ3n) is 2.93. The molecule has 0 unspecified atom stereocenters. The summed E-state index contributed by atoms with van der Waals surface area (Å²) in [6.07, 6.45) is 0. The third kappa shape index (κ3) is 2.34. The Labute approximate surface area is 121 Å². The van der Waals surface area contributed by atoms with Gasteiger partial charge in [0.15, 0.2) is 11.4 Å². The van der Waals surface area contributed by atoms with Gasteiger partial charge in [0, 0.05) is 5.56 Å². The fourth-order valence-electron chi connectivity index (χ4n) is 1.96. The number of hydrogen-bond donors (Lipinski definition) is 1. The molecular formula is C14H6ClF2NO3. The molecule has 0 spiro atoms. The molecule has 1 N–H and O–H groups in total. The van der Waals surface area contributed by atoms with E-state index in [4.69, 9.17) is 16.0 Å². The first-order valence-electron chi connectivity index (χ1n) is 5.78. The van der Waals surface area contributed by atoms with Crippen LogP contribution in [0.25, 0.3) is 11.1 Å². The van der Waals surface area contributed by atoms with Gasteiger partial charge in [-0.25, -0.2) is 13.6 Å². The van der Waals surface area contributed by atoms with Gasteiger partial charge in [-0.05, 0) is 30.3 Å². The van der Waals surface area contributed by atoms with Crippen LogP contribution in [0.1, 0.15) is 15.9 Å². The molecule has 0 fully saturated rings. The van der Waals surface area contributed by atoms with E-state index < -0.39 is 28.7 Å². The van der Waals surface area contributed by atoms with Gasteiger partial charge in [0.1, 0.15) is 11.6 Å². The van der Waals surface area contributed by atoms with Crippen LogP contribution < -0.4 is 5.76 Å². The smallest absolute Gasteiger partial charge is 0.408 e. The number of carbonyl (C=O) groups excluding carboxylic acids is 1. The molecule has 0 atom stereocenters. The maximum atomic E-state index is 13.6. The Morgan fingerprint density at radius 2 is 1.90 bits per heavy atom. The van der Waals surface area contributed by atoms with Crippen LogP contribution in [0.4, 0.5) is 8.78 Å². The number of ketones is 1. The Bertz CT molecular complexity index is 930. The lowest BCUT2D eigenvalue weighted by atomic mass is 10.0. The predicted octanol–water partition coefficient (Wildman–Crippen LogP) is 3.28. The molecule has 0 aliphatic carbocycles. The quantitative estimate of drug-likeness (QED) is 0.739. The second kappa shape index (κ2) is 4.82. The summed E-state index contributed by atoms with van der Waals surface area (Å²) in [5.41, 5.74) is -0.128. The van der Waals surface area contributed by atoms with Crippen LogP contribution in [0.15, 0.2) is 39.5 Å². The Morgan fingerprint density at radius 1 is 1.14 bits per heavy atom. The highest BCUT2D eigenvalue weighted by Crippen LogP contribution is 2.25. The Balaban J connectivity index is 2.19. The van der Waals surface area contributed by atoms with Gasteiger partial charge in [0.2, 0.25) is 0 Å². The Morgan fingerprint density at radius 3 is 2.67 bits per heavy atom. The maximum absolute atomic E-state index is 13.6. The highest BCUT2D eigenvalue weighted by molar-refractivity contribution is 6.35. The number of rotatable bonds is 2. The fourth-order valence-corrected chi connectivity index (χ4v) is 2.21. The van der Waals surface area contributed by atoms with Gasteiger partial charge >= 0.3 is 5.76 Å². The lowest BCUT2D eigenvalue weighted by Gasteiger charge is -2.05. The monoisotopic (exact) mass is 309 g/mol. The van der Waals surface area contributed by atoms with E-state index in [-0.39, 0.29) is 16.2 Å². The first-order chi connectivity index (χ1) is 9.95. The zero-order valence-electron chi connectivity index (χ0n) is 10.2. The summed E-state index contributed by atoms with van der Waals surface area (Å²) < 4.78 is 31.6. The van der Waals surface area contributed by atoms with Gasteiger partial charge in [-0.2, -0.15) is 0 Å². The second-order valence-corrected chi connectivity index (χ2v) is 4.70. The number of H-pyrrole nitrogens is 1. The normalized spacial score (nSPS) is 11.0. The van der Waals surface area contributed by atoms with Crippen molar-refractivity contribution in [2.45, 2.75) is 0 Å². The van der Waals surface area contributed by atoms with Crippen LogP contribution in [-0.4, -0.2) is 10.8 Å². The van der Waals surface area contributed by atoms with Crippen LogP contribution in [-0.2, 0) is 0 Å². The first-order valence-corrected chi connectivity index (χ1v) is 6.15. The van der Waals surface area contributed by atoms with Crippen LogP contribution in [0.3, 0.4) is 0 Å². The average molecular weight is 310 g/mol. The summed E-state index contributed by atoms with van der Waals surface area (Å²) in [6.45, 7) is 0. The van der Waals surface area contributed by atoms with Gasteiger partial charge in [-0.15, -0.1) is 0 Å². The molecule has 1 aromatic heterocycles. The number of nitrogens with one attached hydrogen (secondary N) is 1. The summed E-state index contributed by atoms with van der Waals surface area (Å²) >= 11 is 5.95. The molecule has 0 saturated heterocycles. The number of halogens is 3. The third-order valence-corrected chi connectivity index (χ3v) is 3.24. The van der Waals surface area contributed by atoms with Crippen molar-refractivity contribution in [1.82, 2.24) is 4.98 Å². The maximum Gasteiger partial charge on any atom is 0.417 e. The number of oxazole rings is 1. The zero-order chi connectivity index (χ0) is 15.1. The molecule has 7 heteroatoms. The molecular weight excluding hydrogens is 304 g/mol. The summed E-state index contributed by atoms with van der Waals surface area (Å²) in [4.78, 5) is 25.7. The highest BCUT2D eigenvalue weighted by Gasteiger charge is 2.19. The van der Waals surface area contributed by atoms with Crippen molar-refractivity contribution in [3.63, 3.8) is 0 Å². The van der Waals surface area contributed by atoms with Gasteiger partial charge < -0.3 is 4.42 Å². The number of aromatic amines is 1. The van der Waals surface area contributed by atoms with Gasteiger partial charge in [-0.3, -0.25) is 9.78 Å². The molecule has 106 valence electrons. The standard InChI is InChI=1S/C14H6ClF2NO3/c15-9-5-11-12(21-14(20)18-11)4-7(9)13(19)8-3-6(16)1-2-10(8)17/h1-5H,(H,18,20). The van der Waals surface area contributed by atoms with E-state index in [9.17, 15) is 18.4 Å². The predicted molar refractivity (Wildman–Crippen MR) is 71.6 cm³/mol. The Kier molecular flexibility index (Phi) is 3.10. The summed E-state index contributed by atoms with van der Waals surface area (Å²) in [5, 5.41) is -0.00629. The lowest BCUT2D eigenvalue weighted by molar-refractivity contribution is 0.103. The summed E-state index contributed by atoms with van der Waals surface area (Å²) in [5.74, 6) is -3.12. The SMILES string of the molecule is O=C(c1cc(F)ccc1F)c1cc2oc(=O)[nH]c2cc1Cl. The number of hydrogen-bond acceptors (Lipinski definition) is 3. The second-order valence-electron chi connectivity index (χ2n) is 4.30. The molecule has 0 amide bonds. The van der Waals surface area contributed by atoms with Crippen LogP contribution in [0, 0.1) is 11.6 Å². The molecule has 0 saturated carbocycles. The van der Waals surface area contributed by atoms with Crippen molar-refractivity contribution in [3.8, 4) is 0 Å². The largest absolute Gasteiger partial charge is 0.417 e. The molecule has 4 nitrogen and oxygen atoms in total. The van der Waals surface area contributed by atoms with E-state index in [1.165, 1.54) is 12.1 Å². The van der Waals surface area contributed by atoms with E-state index in [1.807, 2.05) is 0 Å². The molecule has 0 aliphatic heterocycles. The van der Waals surface area contributed by atoms with E-state index in [0.717, 1.165) is 18.2 Å². The highest BCUT2D eigenvalue weighted by atomic mass is 35.5.